The van der Waals surface area contributed by atoms with Crippen LogP contribution < -0.4 is 0 Å². The van der Waals surface area contributed by atoms with Crippen molar-refractivity contribution >= 4 is 28.2 Å². The Morgan fingerprint density at radius 1 is 0.840 bits per heavy atom. The number of hydrogen-bond donors (Lipinski definition) is 0. The van der Waals surface area contributed by atoms with Crippen molar-refractivity contribution in [3.63, 3.8) is 0 Å². The third kappa shape index (κ3) is 4.28. The molecule has 4 heteroatoms. The molecule has 1 aromatic rings. The first-order valence-corrected chi connectivity index (χ1v) is 19.3. The van der Waals surface area contributed by atoms with Gasteiger partial charge in [0.05, 0.1) is 0 Å². The third-order valence-corrected chi connectivity index (χ3v) is 32.0. The first kappa shape index (κ1) is 21.3. The summed E-state index contributed by atoms with van der Waals surface area (Å²) < 4.78 is 30.9. The Hall–Kier alpha value is -0.0313. The van der Waals surface area contributed by atoms with Gasteiger partial charge >= 0.3 is 160 Å². The predicted molar refractivity (Wildman–Crippen MR) is 110 cm³/mol. The molecule has 0 aromatic heterocycles. The van der Waals surface area contributed by atoms with Gasteiger partial charge in [-0.15, -0.1) is 0 Å². The molecule has 0 amide bonds. The van der Waals surface area contributed by atoms with Crippen molar-refractivity contribution in [2.75, 3.05) is 0 Å². The molecule has 0 heterocycles. The average Bonchev–Trinajstić information content (AvgIpc) is 3.45. The molecule has 142 valence electrons. The molecule has 0 spiro atoms. The van der Waals surface area contributed by atoms with Gasteiger partial charge in [-0.1, -0.05) is 0 Å². The first-order chi connectivity index (χ1) is 12.0. The van der Waals surface area contributed by atoms with Gasteiger partial charge in [0.1, 0.15) is 0 Å². The van der Waals surface area contributed by atoms with Crippen molar-refractivity contribution in [2.24, 2.45) is 0 Å². The second-order valence-electron chi connectivity index (χ2n) is 7.90. The van der Waals surface area contributed by atoms with Crippen LogP contribution in [0, 0.1) is 0 Å². The summed E-state index contributed by atoms with van der Waals surface area (Å²) in [6.07, 6.45) is 9.16. The Bertz CT molecular complexity index is 599. The molecule has 1 aliphatic rings. The van der Waals surface area contributed by atoms with Crippen LogP contribution in [0.2, 0.25) is 13.3 Å². The molecule has 0 aliphatic heterocycles. The van der Waals surface area contributed by atoms with Crippen LogP contribution in [-0.2, 0) is 9.84 Å². The standard InChI is InChI=1S/C9H9O2S.3C4H9.Sn/c10-12(11,9-6-7-9)8-4-2-1-3-5-8;3*1-3-4-2;/h1-5H,6-7H2;3*1,3-4H2,2H3;. The van der Waals surface area contributed by atoms with E-state index in [0.717, 1.165) is 12.8 Å². The summed E-state index contributed by atoms with van der Waals surface area (Å²) in [5, 5.41) is 0. The van der Waals surface area contributed by atoms with Crippen molar-refractivity contribution in [3.05, 3.63) is 30.3 Å². The Balaban J connectivity index is 2.46. The molecule has 0 bridgehead atoms. The van der Waals surface area contributed by atoms with Crippen LogP contribution in [0.1, 0.15) is 72.1 Å². The molecule has 25 heavy (non-hydrogen) atoms. The molecular weight excluding hydrogens is 435 g/mol. The van der Waals surface area contributed by atoms with E-state index in [1.807, 2.05) is 30.3 Å². The Morgan fingerprint density at radius 2 is 1.28 bits per heavy atom. The zero-order valence-corrected chi connectivity index (χ0v) is 20.1. The minimum absolute atomic E-state index is 0.303. The molecule has 0 atom stereocenters. The second kappa shape index (κ2) is 9.25. The van der Waals surface area contributed by atoms with Crippen LogP contribution in [0.25, 0.3) is 0 Å². The van der Waals surface area contributed by atoms with Gasteiger partial charge in [0.2, 0.25) is 0 Å². The third-order valence-electron chi connectivity index (χ3n) is 6.27. The van der Waals surface area contributed by atoms with Gasteiger partial charge in [0.25, 0.3) is 0 Å². The fourth-order valence-electron chi connectivity index (χ4n) is 4.63. The van der Waals surface area contributed by atoms with Crippen molar-refractivity contribution < 1.29 is 8.42 Å². The monoisotopic (exact) mass is 472 g/mol. The maximum atomic E-state index is 13.7. The summed E-state index contributed by atoms with van der Waals surface area (Å²) in [6, 6.07) is 9.33. The molecule has 1 saturated carbocycles. The number of rotatable bonds is 12. The van der Waals surface area contributed by atoms with Crippen LogP contribution in [0.15, 0.2) is 35.2 Å². The predicted octanol–water partition coefficient (Wildman–Crippen LogP) is 6.38. The van der Waals surface area contributed by atoms with E-state index in [1.165, 1.54) is 51.8 Å². The molecule has 2 nitrogen and oxygen atoms in total. The van der Waals surface area contributed by atoms with Gasteiger partial charge in [-0.05, 0) is 0 Å². The zero-order valence-electron chi connectivity index (χ0n) is 16.4. The van der Waals surface area contributed by atoms with E-state index >= 15 is 0 Å². The number of sulfone groups is 1. The maximum absolute atomic E-state index is 13.7. The van der Waals surface area contributed by atoms with E-state index in [-0.39, 0.29) is 2.76 Å². The van der Waals surface area contributed by atoms with Crippen molar-refractivity contribution in [1.29, 1.82) is 0 Å². The summed E-state index contributed by atoms with van der Waals surface area (Å²) >= 11 is -2.82. The van der Waals surface area contributed by atoms with Crippen LogP contribution in [0.3, 0.4) is 0 Å². The molecule has 0 saturated heterocycles. The van der Waals surface area contributed by atoms with Crippen molar-refractivity contribution in [1.82, 2.24) is 0 Å². The molecular formula is C21H36O2SSn. The normalized spacial score (nSPS) is 16.8. The summed E-state index contributed by atoms with van der Waals surface area (Å²) in [6.45, 7) is 6.75. The molecule has 1 fully saturated rings. The van der Waals surface area contributed by atoms with E-state index < -0.39 is 28.2 Å². The van der Waals surface area contributed by atoms with Crippen molar-refractivity contribution in [2.45, 2.75) is 93.1 Å². The van der Waals surface area contributed by atoms with E-state index in [0.29, 0.717) is 4.90 Å². The van der Waals surface area contributed by atoms with E-state index in [2.05, 4.69) is 20.8 Å². The Morgan fingerprint density at radius 3 is 1.64 bits per heavy atom. The fourth-order valence-corrected chi connectivity index (χ4v) is 33.0. The molecule has 0 radical (unpaired) electrons. The van der Waals surface area contributed by atoms with Gasteiger partial charge in [0, 0.05) is 0 Å². The SMILES string of the molecule is CCC[CH2][Sn]([CH2]CCC)([CH2]CCC)[C]1(S(=O)(=O)c2ccccc2)CC1. The molecule has 1 aliphatic carbocycles. The molecule has 2 rings (SSSR count). The van der Waals surface area contributed by atoms with Crippen LogP contribution >= 0.6 is 0 Å². The van der Waals surface area contributed by atoms with Crippen molar-refractivity contribution in [3.8, 4) is 0 Å². The van der Waals surface area contributed by atoms with Crippen LogP contribution in [-0.4, -0.2) is 29.6 Å². The van der Waals surface area contributed by atoms with Crippen LogP contribution in [0.5, 0.6) is 0 Å². The van der Waals surface area contributed by atoms with Crippen LogP contribution in [0.4, 0.5) is 0 Å². The van der Waals surface area contributed by atoms with E-state index in [4.69, 9.17) is 0 Å². The number of benzene rings is 1. The topological polar surface area (TPSA) is 34.1 Å². The molecule has 0 unspecified atom stereocenters. The van der Waals surface area contributed by atoms with Gasteiger partial charge in [-0.3, -0.25) is 0 Å². The van der Waals surface area contributed by atoms with E-state index in [1.54, 1.807) is 0 Å². The van der Waals surface area contributed by atoms with E-state index in [9.17, 15) is 8.42 Å². The average molecular weight is 471 g/mol. The van der Waals surface area contributed by atoms with Gasteiger partial charge in [0.15, 0.2) is 0 Å². The summed E-state index contributed by atoms with van der Waals surface area (Å²) in [5.41, 5.74) is 0. The van der Waals surface area contributed by atoms with Gasteiger partial charge < -0.3 is 0 Å². The number of unbranched alkanes of at least 4 members (excludes halogenated alkanes) is 3. The molecule has 0 N–H and O–H groups in total. The number of hydrogen-bond acceptors (Lipinski definition) is 2. The zero-order chi connectivity index (χ0) is 18.4. The summed E-state index contributed by atoms with van der Waals surface area (Å²) in [7, 11) is -3.18. The Kier molecular flexibility index (Phi) is 7.87. The Labute approximate surface area is 159 Å². The minimum atomic E-state index is -3.18. The second-order valence-corrected chi connectivity index (χ2v) is 25.5. The molecule has 1 aromatic carbocycles. The van der Waals surface area contributed by atoms with Gasteiger partial charge in [-0.25, -0.2) is 0 Å². The quantitative estimate of drug-likeness (QED) is 0.332. The summed E-state index contributed by atoms with van der Waals surface area (Å²) in [5.74, 6) is 0. The van der Waals surface area contributed by atoms with Gasteiger partial charge in [-0.2, -0.15) is 0 Å². The first-order valence-electron chi connectivity index (χ1n) is 10.3. The summed E-state index contributed by atoms with van der Waals surface area (Å²) in [4.78, 5) is 0.582. The fraction of sp³-hybridized carbons (Fsp3) is 0.714.